The van der Waals surface area contributed by atoms with Crippen LogP contribution in [0, 0.1) is 0 Å². The zero-order valence-corrected chi connectivity index (χ0v) is 21.2. The molecule has 0 radical (unpaired) electrons. The normalized spacial score (nSPS) is 13.9. The van der Waals surface area contributed by atoms with E-state index in [0.717, 1.165) is 30.2 Å². The molecule has 182 valence electrons. The quantitative estimate of drug-likeness (QED) is 0.426. The number of rotatable bonds is 9. The van der Waals surface area contributed by atoms with Crippen LogP contribution in [0.5, 0.6) is 17.2 Å². The Bertz CT molecular complexity index is 1110. The van der Waals surface area contributed by atoms with Gasteiger partial charge in [0.25, 0.3) is 5.91 Å². The smallest absolute Gasteiger partial charge is 0.254 e. The Hall–Kier alpha value is -3.00. The topological polar surface area (TPSA) is 64.1 Å². The van der Waals surface area contributed by atoms with Gasteiger partial charge in [-0.2, -0.15) is 0 Å². The van der Waals surface area contributed by atoms with Gasteiger partial charge in [-0.3, -0.25) is 4.79 Å². The number of para-hydroxylation sites is 1. The summed E-state index contributed by atoms with van der Waals surface area (Å²) < 4.78 is 18.6. The van der Waals surface area contributed by atoms with Gasteiger partial charge in [0.15, 0.2) is 16.6 Å². The lowest BCUT2D eigenvalue weighted by atomic mass is 10.1. The molecule has 1 saturated heterocycles. The number of nitrogens with zero attached hydrogens (tertiary/aromatic N) is 3. The second-order valence-electron chi connectivity index (χ2n) is 7.99. The summed E-state index contributed by atoms with van der Waals surface area (Å²) in [6, 6.07) is 9.92. The molecule has 4 rings (SSSR count). The average molecular weight is 484 g/mol. The summed E-state index contributed by atoms with van der Waals surface area (Å²) in [5, 5.41) is 1.03. The van der Waals surface area contributed by atoms with E-state index in [1.54, 1.807) is 23.5 Å². The number of benzene rings is 2. The van der Waals surface area contributed by atoms with E-state index in [0.29, 0.717) is 55.7 Å². The lowest BCUT2D eigenvalue weighted by Gasteiger charge is -2.34. The third-order valence-corrected chi connectivity index (χ3v) is 6.95. The van der Waals surface area contributed by atoms with Gasteiger partial charge in [0.2, 0.25) is 5.75 Å². The van der Waals surface area contributed by atoms with E-state index >= 15 is 0 Å². The van der Waals surface area contributed by atoms with Crippen molar-refractivity contribution in [3.63, 3.8) is 0 Å². The fraction of sp³-hybridized carbons (Fsp3) is 0.462. The summed E-state index contributed by atoms with van der Waals surface area (Å²) in [7, 11) is 0. The largest absolute Gasteiger partial charge is 0.490 e. The van der Waals surface area contributed by atoms with E-state index in [2.05, 4.69) is 30.0 Å². The van der Waals surface area contributed by atoms with Gasteiger partial charge in [0.05, 0.1) is 30.0 Å². The summed E-state index contributed by atoms with van der Waals surface area (Å²) in [6.07, 6.45) is 0.971. The number of aryl methyl sites for hydroxylation is 1. The minimum atomic E-state index is -0.0258. The summed E-state index contributed by atoms with van der Waals surface area (Å²) in [5.74, 6) is 1.61. The summed E-state index contributed by atoms with van der Waals surface area (Å²) in [5.41, 5.74) is 2.93. The highest BCUT2D eigenvalue weighted by atomic mass is 32.1. The van der Waals surface area contributed by atoms with E-state index in [1.807, 2.05) is 25.7 Å². The van der Waals surface area contributed by atoms with Gasteiger partial charge in [-0.15, -0.1) is 0 Å². The molecule has 2 aromatic carbocycles. The molecular weight excluding hydrogens is 450 g/mol. The number of carbonyl (C=O) groups excluding carboxylic acids is 1. The minimum Gasteiger partial charge on any atom is -0.490 e. The van der Waals surface area contributed by atoms with Gasteiger partial charge in [0.1, 0.15) is 0 Å². The number of ether oxygens (including phenoxy) is 3. The van der Waals surface area contributed by atoms with Crippen molar-refractivity contribution in [2.75, 3.05) is 50.9 Å². The van der Waals surface area contributed by atoms with E-state index in [-0.39, 0.29) is 5.91 Å². The van der Waals surface area contributed by atoms with Crippen LogP contribution in [0.3, 0.4) is 0 Å². The summed E-state index contributed by atoms with van der Waals surface area (Å²) in [6.45, 7) is 12.1. The van der Waals surface area contributed by atoms with Gasteiger partial charge in [0, 0.05) is 31.7 Å². The molecule has 0 unspecified atom stereocenters. The maximum atomic E-state index is 13.4. The van der Waals surface area contributed by atoms with Crippen molar-refractivity contribution in [1.29, 1.82) is 0 Å². The van der Waals surface area contributed by atoms with Gasteiger partial charge in [-0.1, -0.05) is 30.4 Å². The van der Waals surface area contributed by atoms with Crippen molar-refractivity contribution in [2.45, 2.75) is 34.1 Å². The standard InChI is InChI=1S/C26H33N3O4S/c1-5-18-10-9-11-22-23(18)27-26(34-22)29-14-12-28(13-15-29)25(30)19-16-20(31-6-2)24(33-8-4)21(17-19)32-7-3/h9-11,16-17H,5-8,12-15H2,1-4H3. The minimum absolute atomic E-state index is 0.0258. The molecule has 0 atom stereocenters. The number of thiazole rings is 1. The van der Waals surface area contributed by atoms with Gasteiger partial charge in [-0.25, -0.2) is 4.98 Å². The molecule has 0 aliphatic carbocycles. The Morgan fingerprint density at radius 3 is 2.18 bits per heavy atom. The predicted molar refractivity (Wildman–Crippen MR) is 137 cm³/mol. The number of anilines is 1. The molecule has 1 fully saturated rings. The second kappa shape index (κ2) is 11.0. The molecule has 1 aliphatic rings. The zero-order chi connectivity index (χ0) is 24.1. The molecule has 0 saturated carbocycles. The average Bonchev–Trinajstić information content (AvgIpc) is 3.30. The second-order valence-corrected chi connectivity index (χ2v) is 9.00. The van der Waals surface area contributed by atoms with Gasteiger partial charge < -0.3 is 24.0 Å². The molecule has 0 spiro atoms. The first kappa shape index (κ1) is 24.1. The highest BCUT2D eigenvalue weighted by Gasteiger charge is 2.26. The molecule has 2 heterocycles. The maximum Gasteiger partial charge on any atom is 0.254 e. The number of carbonyl (C=O) groups is 1. The van der Waals surface area contributed by atoms with Crippen molar-refractivity contribution in [3.05, 3.63) is 41.5 Å². The van der Waals surface area contributed by atoms with Crippen LogP contribution < -0.4 is 19.1 Å². The zero-order valence-electron chi connectivity index (χ0n) is 20.4. The third-order valence-electron chi connectivity index (χ3n) is 5.87. The Balaban J connectivity index is 1.51. The first-order chi connectivity index (χ1) is 16.6. The molecule has 34 heavy (non-hydrogen) atoms. The number of amides is 1. The SMILES string of the molecule is CCOc1cc(C(=O)N2CCN(c3nc4c(CC)cccc4s3)CC2)cc(OCC)c1OCC. The van der Waals surface area contributed by atoms with Crippen LogP contribution in [-0.2, 0) is 6.42 Å². The van der Waals surface area contributed by atoms with Gasteiger partial charge in [-0.05, 0) is 51.0 Å². The maximum absolute atomic E-state index is 13.4. The van der Waals surface area contributed by atoms with Crippen LogP contribution >= 0.6 is 11.3 Å². The molecule has 0 bridgehead atoms. The van der Waals surface area contributed by atoms with E-state index in [4.69, 9.17) is 19.2 Å². The first-order valence-corrected chi connectivity index (χ1v) is 12.9. The Morgan fingerprint density at radius 2 is 1.59 bits per heavy atom. The Labute approximate surface area is 205 Å². The third kappa shape index (κ3) is 4.92. The van der Waals surface area contributed by atoms with Crippen molar-refractivity contribution >= 4 is 32.6 Å². The molecule has 1 aromatic heterocycles. The molecular formula is C26H33N3O4S. The predicted octanol–water partition coefficient (Wildman–Crippen LogP) is 5.02. The van der Waals surface area contributed by atoms with Crippen LogP contribution in [0.2, 0.25) is 0 Å². The molecule has 8 heteroatoms. The summed E-state index contributed by atoms with van der Waals surface area (Å²) >= 11 is 1.72. The first-order valence-electron chi connectivity index (χ1n) is 12.1. The number of piperazine rings is 1. The number of hydrogen-bond donors (Lipinski definition) is 0. The lowest BCUT2D eigenvalue weighted by molar-refractivity contribution is 0.0745. The number of fused-ring (bicyclic) bond motifs is 1. The molecule has 1 aliphatic heterocycles. The van der Waals surface area contributed by atoms with E-state index in [1.165, 1.54) is 10.3 Å². The molecule has 7 nitrogen and oxygen atoms in total. The highest BCUT2D eigenvalue weighted by Crippen LogP contribution is 2.39. The fourth-order valence-corrected chi connectivity index (χ4v) is 5.28. The monoisotopic (exact) mass is 483 g/mol. The van der Waals surface area contributed by atoms with Gasteiger partial charge >= 0.3 is 0 Å². The number of hydrogen-bond acceptors (Lipinski definition) is 7. The summed E-state index contributed by atoms with van der Waals surface area (Å²) in [4.78, 5) is 22.5. The molecule has 1 amide bonds. The van der Waals surface area contributed by atoms with Crippen LogP contribution in [0.1, 0.15) is 43.6 Å². The Morgan fingerprint density at radius 1 is 0.941 bits per heavy atom. The molecule has 0 N–H and O–H groups in total. The van der Waals surface area contributed by atoms with Crippen LogP contribution in [-0.4, -0.2) is 61.8 Å². The van der Waals surface area contributed by atoms with Crippen molar-refractivity contribution in [1.82, 2.24) is 9.88 Å². The lowest BCUT2D eigenvalue weighted by Crippen LogP contribution is -2.48. The van der Waals surface area contributed by atoms with E-state index in [9.17, 15) is 4.79 Å². The van der Waals surface area contributed by atoms with Crippen LogP contribution in [0.25, 0.3) is 10.2 Å². The number of aromatic nitrogens is 1. The fourth-order valence-electron chi connectivity index (χ4n) is 4.21. The van der Waals surface area contributed by atoms with Crippen LogP contribution in [0.4, 0.5) is 5.13 Å². The Kier molecular flexibility index (Phi) is 7.77. The van der Waals surface area contributed by atoms with E-state index < -0.39 is 0 Å². The van der Waals surface area contributed by atoms with Crippen LogP contribution in [0.15, 0.2) is 30.3 Å². The van der Waals surface area contributed by atoms with Crippen molar-refractivity contribution in [3.8, 4) is 17.2 Å². The van der Waals surface area contributed by atoms with Crippen molar-refractivity contribution in [2.24, 2.45) is 0 Å². The van der Waals surface area contributed by atoms with Crippen molar-refractivity contribution < 1.29 is 19.0 Å². The highest BCUT2D eigenvalue weighted by molar-refractivity contribution is 7.22. The molecule has 3 aromatic rings.